The largest absolute Gasteiger partial charge is 0.350 e. The van der Waals surface area contributed by atoms with Crippen molar-refractivity contribution < 1.29 is 9.59 Å². The minimum atomic E-state index is -0.242. The molecule has 1 N–H and O–H groups in total. The van der Waals surface area contributed by atoms with Crippen molar-refractivity contribution >= 4 is 27.7 Å². The summed E-state index contributed by atoms with van der Waals surface area (Å²) in [7, 11) is 0. The summed E-state index contributed by atoms with van der Waals surface area (Å²) >= 11 is 3.27. The fourth-order valence-electron chi connectivity index (χ4n) is 1.49. The zero-order valence-corrected chi connectivity index (χ0v) is 10.9. The summed E-state index contributed by atoms with van der Waals surface area (Å²) < 4.78 is 0. The SMILES string of the molecule is CC(C)(C)NC(=O)CN1CCC(Br)C1=O. The Labute approximate surface area is 98.5 Å². The van der Waals surface area contributed by atoms with E-state index >= 15 is 0 Å². The van der Waals surface area contributed by atoms with Gasteiger partial charge in [0.15, 0.2) is 0 Å². The van der Waals surface area contributed by atoms with E-state index in [0.717, 1.165) is 6.42 Å². The van der Waals surface area contributed by atoms with Crippen LogP contribution in [0.3, 0.4) is 0 Å². The van der Waals surface area contributed by atoms with Gasteiger partial charge in [0.2, 0.25) is 11.8 Å². The van der Waals surface area contributed by atoms with Crippen molar-refractivity contribution in [1.82, 2.24) is 10.2 Å². The molecule has 1 atom stereocenters. The van der Waals surface area contributed by atoms with Crippen LogP contribution in [0.4, 0.5) is 0 Å². The van der Waals surface area contributed by atoms with Crippen LogP contribution >= 0.6 is 15.9 Å². The molecule has 0 saturated carbocycles. The summed E-state index contributed by atoms with van der Waals surface area (Å²) in [6, 6.07) is 0. The molecule has 5 heteroatoms. The number of nitrogens with one attached hydrogen (secondary N) is 1. The van der Waals surface area contributed by atoms with Crippen LogP contribution in [0, 0.1) is 0 Å². The lowest BCUT2D eigenvalue weighted by atomic mass is 10.1. The van der Waals surface area contributed by atoms with Gasteiger partial charge in [0.25, 0.3) is 0 Å². The Morgan fingerprint density at radius 2 is 2.20 bits per heavy atom. The lowest BCUT2D eigenvalue weighted by molar-refractivity contribution is -0.133. The molecular formula is C10H17BrN2O2. The van der Waals surface area contributed by atoms with Crippen molar-refractivity contribution in [2.75, 3.05) is 13.1 Å². The Kier molecular flexibility index (Phi) is 3.76. The molecule has 1 unspecified atom stereocenters. The van der Waals surface area contributed by atoms with Gasteiger partial charge >= 0.3 is 0 Å². The highest BCUT2D eigenvalue weighted by atomic mass is 79.9. The molecule has 0 radical (unpaired) electrons. The zero-order chi connectivity index (χ0) is 11.6. The monoisotopic (exact) mass is 276 g/mol. The van der Waals surface area contributed by atoms with Gasteiger partial charge in [-0.2, -0.15) is 0 Å². The number of hydrogen-bond donors (Lipinski definition) is 1. The molecule has 1 fully saturated rings. The van der Waals surface area contributed by atoms with E-state index in [4.69, 9.17) is 0 Å². The van der Waals surface area contributed by atoms with Gasteiger partial charge in [0.05, 0.1) is 11.4 Å². The predicted octanol–water partition coefficient (Wildman–Crippen LogP) is 0.897. The number of rotatable bonds is 2. The topological polar surface area (TPSA) is 49.4 Å². The maximum atomic E-state index is 11.5. The summed E-state index contributed by atoms with van der Waals surface area (Å²) in [5.41, 5.74) is -0.242. The first-order chi connectivity index (χ1) is 6.79. The zero-order valence-electron chi connectivity index (χ0n) is 9.34. The summed E-state index contributed by atoms with van der Waals surface area (Å²) in [5.74, 6) is -0.0866. The molecule has 0 bridgehead atoms. The van der Waals surface area contributed by atoms with Crippen LogP contribution in [0.5, 0.6) is 0 Å². The maximum absolute atomic E-state index is 11.5. The van der Waals surface area contributed by atoms with Crippen LogP contribution in [0.15, 0.2) is 0 Å². The Morgan fingerprint density at radius 1 is 1.60 bits per heavy atom. The fourth-order valence-corrected chi connectivity index (χ4v) is 1.98. The van der Waals surface area contributed by atoms with Crippen LogP contribution in [-0.2, 0) is 9.59 Å². The lowest BCUT2D eigenvalue weighted by Gasteiger charge is -2.23. The molecule has 1 aliphatic rings. The molecule has 4 nitrogen and oxygen atoms in total. The van der Waals surface area contributed by atoms with Crippen molar-refractivity contribution in [3.63, 3.8) is 0 Å². The molecule has 0 aromatic heterocycles. The quantitative estimate of drug-likeness (QED) is 0.762. The van der Waals surface area contributed by atoms with E-state index in [1.54, 1.807) is 4.90 Å². The Balaban J connectivity index is 2.43. The van der Waals surface area contributed by atoms with E-state index in [0.29, 0.717) is 6.54 Å². The van der Waals surface area contributed by atoms with Crippen LogP contribution in [0.1, 0.15) is 27.2 Å². The van der Waals surface area contributed by atoms with Gasteiger partial charge in [-0.3, -0.25) is 9.59 Å². The summed E-state index contributed by atoms with van der Waals surface area (Å²) in [5, 5.41) is 2.83. The van der Waals surface area contributed by atoms with Gasteiger partial charge in [0, 0.05) is 12.1 Å². The lowest BCUT2D eigenvalue weighted by Crippen LogP contribution is -2.46. The van der Waals surface area contributed by atoms with E-state index in [1.807, 2.05) is 20.8 Å². The minimum absolute atomic E-state index is 0.0130. The van der Waals surface area contributed by atoms with Gasteiger partial charge in [-0.25, -0.2) is 0 Å². The van der Waals surface area contributed by atoms with Crippen molar-refractivity contribution in [2.45, 2.75) is 37.6 Å². The molecule has 1 saturated heterocycles. The number of carbonyl (C=O) groups is 2. The third kappa shape index (κ3) is 3.81. The Morgan fingerprint density at radius 3 is 2.60 bits per heavy atom. The predicted molar refractivity (Wildman–Crippen MR) is 61.8 cm³/mol. The number of likely N-dealkylation sites (tertiary alicyclic amines) is 1. The first kappa shape index (κ1) is 12.5. The van der Waals surface area contributed by atoms with Crippen molar-refractivity contribution in [3.05, 3.63) is 0 Å². The highest BCUT2D eigenvalue weighted by molar-refractivity contribution is 9.10. The van der Waals surface area contributed by atoms with E-state index in [-0.39, 0.29) is 28.7 Å². The minimum Gasteiger partial charge on any atom is -0.350 e. The average Bonchev–Trinajstić information content (AvgIpc) is 2.32. The summed E-state index contributed by atoms with van der Waals surface area (Å²) in [4.78, 5) is 24.5. The van der Waals surface area contributed by atoms with Crippen LogP contribution in [-0.4, -0.2) is 40.2 Å². The van der Waals surface area contributed by atoms with Gasteiger partial charge < -0.3 is 10.2 Å². The first-order valence-electron chi connectivity index (χ1n) is 5.03. The second kappa shape index (κ2) is 4.51. The fraction of sp³-hybridized carbons (Fsp3) is 0.800. The van der Waals surface area contributed by atoms with E-state index in [2.05, 4.69) is 21.2 Å². The van der Waals surface area contributed by atoms with Gasteiger partial charge in [0.1, 0.15) is 0 Å². The molecule has 0 aromatic rings. The van der Waals surface area contributed by atoms with E-state index in [9.17, 15) is 9.59 Å². The molecule has 2 amide bonds. The first-order valence-corrected chi connectivity index (χ1v) is 5.95. The van der Waals surface area contributed by atoms with Crippen LogP contribution in [0.2, 0.25) is 0 Å². The van der Waals surface area contributed by atoms with Gasteiger partial charge in [-0.05, 0) is 27.2 Å². The second-order valence-corrected chi connectivity index (χ2v) is 5.92. The maximum Gasteiger partial charge on any atom is 0.240 e. The van der Waals surface area contributed by atoms with Crippen molar-refractivity contribution in [1.29, 1.82) is 0 Å². The van der Waals surface area contributed by atoms with E-state index < -0.39 is 0 Å². The number of amides is 2. The summed E-state index contributed by atoms with van der Waals surface area (Å²) in [6.07, 6.45) is 0.779. The molecule has 86 valence electrons. The molecule has 15 heavy (non-hydrogen) atoms. The standard InChI is InChI=1S/C10H17BrN2O2/c1-10(2,3)12-8(14)6-13-5-4-7(11)9(13)15/h7H,4-6H2,1-3H3,(H,12,14). The molecule has 1 aliphatic heterocycles. The van der Waals surface area contributed by atoms with Crippen molar-refractivity contribution in [3.8, 4) is 0 Å². The molecule has 1 heterocycles. The number of nitrogens with zero attached hydrogens (tertiary/aromatic N) is 1. The summed E-state index contributed by atoms with van der Waals surface area (Å²) in [6.45, 7) is 6.59. The van der Waals surface area contributed by atoms with E-state index in [1.165, 1.54) is 0 Å². The number of carbonyl (C=O) groups excluding carboxylic acids is 2. The third-order valence-electron chi connectivity index (χ3n) is 2.08. The highest BCUT2D eigenvalue weighted by Crippen LogP contribution is 2.17. The smallest absolute Gasteiger partial charge is 0.240 e. The van der Waals surface area contributed by atoms with Crippen LogP contribution < -0.4 is 5.32 Å². The average molecular weight is 277 g/mol. The van der Waals surface area contributed by atoms with Gasteiger partial charge in [-0.1, -0.05) is 15.9 Å². The molecule has 1 rings (SSSR count). The number of halogens is 1. The second-order valence-electron chi connectivity index (χ2n) is 4.81. The van der Waals surface area contributed by atoms with Crippen LogP contribution in [0.25, 0.3) is 0 Å². The molecular weight excluding hydrogens is 260 g/mol. The van der Waals surface area contributed by atoms with Crippen molar-refractivity contribution in [2.24, 2.45) is 0 Å². The van der Waals surface area contributed by atoms with Gasteiger partial charge in [-0.15, -0.1) is 0 Å². The number of hydrogen-bond acceptors (Lipinski definition) is 2. The Bertz CT molecular complexity index is 273. The number of alkyl halides is 1. The highest BCUT2D eigenvalue weighted by Gasteiger charge is 2.30. The Hall–Kier alpha value is -0.580. The molecule has 0 aliphatic carbocycles. The molecule has 0 aromatic carbocycles. The normalized spacial score (nSPS) is 22.0. The third-order valence-corrected chi connectivity index (χ3v) is 2.93. The molecule has 0 spiro atoms.